The highest BCUT2D eigenvalue weighted by atomic mass is 15.2. The highest BCUT2D eigenvalue weighted by Crippen LogP contribution is 2.27. The van der Waals surface area contributed by atoms with Gasteiger partial charge in [-0.05, 0) is 42.5 Å². The van der Waals surface area contributed by atoms with Crippen LogP contribution >= 0.6 is 0 Å². The fourth-order valence-electron chi connectivity index (χ4n) is 2.93. The predicted octanol–water partition coefficient (Wildman–Crippen LogP) is 3.47. The minimum absolute atomic E-state index is 0.224. The lowest BCUT2D eigenvalue weighted by Crippen LogP contribution is -2.37. The van der Waals surface area contributed by atoms with E-state index < -0.39 is 0 Å². The van der Waals surface area contributed by atoms with Gasteiger partial charge in [0.2, 0.25) is 0 Å². The standard InChI is InChI=1S/C17H28N2/c1-17(2,3)15-9-7-14(8-10-15)16(13-18)19-11-5-4-6-12-19/h7-10,16H,4-6,11-13,18H2,1-3H3. The minimum atomic E-state index is 0.224. The average Bonchev–Trinajstić information content (AvgIpc) is 2.40. The van der Waals surface area contributed by atoms with Crippen molar-refractivity contribution in [1.82, 2.24) is 4.90 Å². The number of hydrogen-bond acceptors (Lipinski definition) is 2. The molecule has 2 rings (SSSR count). The third-order valence-electron chi connectivity index (χ3n) is 4.22. The molecule has 0 aliphatic carbocycles. The van der Waals surface area contributed by atoms with Crippen molar-refractivity contribution in [2.45, 2.75) is 51.5 Å². The van der Waals surface area contributed by atoms with E-state index in [0.29, 0.717) is 6.04 Å². The van der Waals surface area contributed by atoms with E-state index >= 15 is 0 Å². The highest BCUT2D eigenvalue weighted by molar-refractivity contribution is 5.29. The average molecular weight is 260 g/mol. The summed E-state index contributed by atoms with van der Waals surface area (Å²) in [4.78, 5) is 2.55. The van der Waals surface area contributed by atoms with Crippen LogP contribution in [0.4, 0.5) is 0 Å². The number of piperidine rings is 1. The van der Waals surface area contributed by atoms with E-state index in [2.05, 4.69) is 49.9 Å². The van der Waals surface area contributed by atoms with Gasteiger partial charge in [0.25, 0.3) is 0 Å². The number of likely N-dealkylation sites (tertiary alicyclic amines) is 1. The third kappa shape index (κ3) is 3.58. The lowest BCUT2D eigenvalue weighted by atomic mass is 9.86. The first kappa shape index (κ1) is 14.5. The summed E-state index contributed by atoms with van der Waals surface area (Å²) in [6.07, 6.45) is 4.00. The van der Waals surface area contributed by atoms with Crippen LogP contribution in [0.3, 0.4) is 0 Å². The number of nitrogens with two attached hydrogens (primary N) is 1. The summed E-state index contributed by atoms with van der Waals surface area (Å²) in [5.74, 6) is 0. The molecule has 106 valence electrons. The van der Waals surface area contributed by atoms with E-state index in [1.54, 1.807) is 0 Å². The van der Waals surface area contributed by atoms with Gasteiger partial charge in [-0.2, -0.15) is 0 Å². The van der Waals surface area contributed by atoms with Crippen molar-refractivity contribution >= 4 is 0 Å². The molecule has 19 heavy (non-hydrogen) atoms. The Bertz CT molecular complexity index is 383. The lowest BCUT2D eigenvalue weighted by Gasteiger charge is -2.34. The second-order valence-corrected chi connectivity index (χ2v) is 6.72. The molecule has 0 bridgehead atoms. The third-order valence-corrected chi connectivity index (χ3v) is 4.22. The summed E-state index contributed by atoms with van der Waals surface area (Å²) in [5, 5.41) is 0. The second-order valence-electron chi connectivity index (χ2n) is 6.72. The van der Waals surface area contributed by atoms with Gasteiger partial charge in [-0.3, -0.25) is 4.90 Å². The molecule has 0 aromatic heterocycles. The van der Waals surface area contributed by atoms with Crippen LogP contribution in [-0.4, -0.2) is 24.5 Å². The van der Waals surface area contributed by atoms with Crippen molar-refractivity contribution < 1.29 is 0 Å². The maximum absolute atomic E-state index is 6.02. The zero-order valence-corrected chi connectivity index (χ0v) is 12.7. The molecule has 2 nitrogen and oxygen atoms in total. The normalized spacial score (nSPS) is 19.4. The van der Waals surface area contributed by atoms with Gasteiger partial charge in [-0.25, -0.2) is 0 Å². The van der Waals surface area contributed by atoms with Crippen molar-refractivity contribution in [2.75, 3.05) is 19.6 Å². The van der Waals surface area contributed by atoms with E-state index in [9.17, 15) is 0 Å². The maximum atomic E-state index is 6.02. The summed E-state index contributed by atoms with van der Waals surface area (Å²) in [6.45, 7) is 9.88. The van der Waals surface area contributed by atoms with E-state index in [1.165, 1.54) is 43.5 Å². The Hall–Kier alpha value is -0.860. The van der Waals surface area contributed by atoms with Crippen LogP contribution in [0.2, 0.25) is 0 Å². The first-order valence-electron chi connectivity index (χ1n) is 7.57. The molecule has 1 heterocycles. The van der Waals surface area contributed by atoms with Crippen molar-refractivity contribution in [3.63, 3.8) is 0 Å². The number of rotatable bonds is 3. The largest absolute Gasteiger partial charge is 0.329 e. The minimum Gasteiger partial charge on any atom is -0.329 e. The summed E-state index contributed by atoms with van der Waals surface area (Å²) >= 11 is 0. The van der Waals surface area contributed by atoms with Crippen LogP contribution in [-0.2, 0) is 5.41 Å². The Morgan fingerprint density at radius 1 is 1.05 bits per heavy atom. The van der Waals surface area contributed by atoms with Crippen molar-refractivity contribution in [1.29, 1.82) is 0 Å². The summed E-state index contributed by atoms with van der Waals surface area (Å²) in [6, 6.07) is 9.47. The summed E-state index contributed by atoms with van der Waals surface area (Å²) in [7, 11) is 0. The molecule has 2 heteroatoms. The first-order chi connectivity index (χ1) is 9.02. The zero-order valence-electron chi connectivity index (χ0n) is 12.7. The first-order valence-corrected chi connectivity index (χ1v) is 7.57. The number of hydrogen-bond donors (Lipinski definition) is 1. The van der Waals surface area contributed by atoms with Gasteiger partial charge in [0.05, 0.1) is 0 Å². The van der Waals surface area contributed by atoms with E-state index in [4.69, 9.17) is 5.73 Å². The van der Waals surface area contributed by atoms with Gasteiger partial charge in [-0.15, -0.1) is 0 Å². The molecule has 1 atom stereocenters. The SMILES string of the molecule is CC(C)(C)c1ccc(C(CN)N2CCCCC2)cc1. The molecular formula is C17H28N2. The van der Waals surface area contributed by atoms with Crippen LogP contribution in [0.1, 0.15) is 57.2 Å². The van der Waals surface area contributed by atoms with E-state index in [1.807, 2.05) is 0 Å². The molecule has 1 unspecified atom stereocenters. The number of nitrogens with zero attached hydrogens (tertiary/aromatic N) is 1. The van der Waals surface area contributed by atoms with E-state index in [-0.39, 0.29) is 5.41 Å². The smallest absolute Gasteiger partial charge is 0.0470 e. The molecule has 1 aromatic carbocycles. The maximum Gasteiger partial charge on any atom is 0.0470 e. The van der Waals surface area contributed by atoms with Crippen molar-refractivity contribution in [2.24, 2.45) is 5.73 Å². The fraction of sp³-hybridized carbons (Fsp3) is 0.647. The molecular weight excluding hydrogens is 232 g/mol. The van der Waals surface area contributed by atoms with Gasteiger partial charge < -0.3 is 5.73 Å². The van der Waals surface area contributed by atoms with Crippen LogP contribution in [0.25, 0.3) is 0 Å². The molecule has 0 radical (unpaired) electrons. The second kappa shape index (κ2) is 6.06. The molecule has 1 aliphatic heterocycles. The molecule has 1 aromatic rings. The van der Waals surface area contributed by atoms with Crippen LogP contribution in [0.15, 0.2) is 24.3 Å². The lowest BCUT2D eigenvalue weighted by molar-refractivity contribution is 0.167. The van der Waals surface area contributed by atoms with Crippen LogP contribution in [0.5, 0.6) is 0 Å². The topological polar surface area (TPSA) is 29.3 Å². The molecule has 2 N–H and O–H groups in total. The fourth-order valence-corrected chi connectivity index (χ4v) is 2.93. The molecule has 0 spiro atoms. The Kier molecular flexibility index (Phi) is 4.64. The quantitative estimate of drug-likeness (QED) is 0.901. The van der Waals surface area contributed by atoms with Crippen LogP contribution < -0.4 is 5.73 Å². The van der Waals surface area contributed by atoms with Crippen molar-refractivity contribution in [3.05, 3.63) is 35.4 Å². The number of benzene rings is 1. The summed E-state index contributed by atoms with van der Waals surface area (Å²) in [5.41, 5.74) is 9.01. The van der Waals surface area contributed by atoms with Gasteiger partial charge >= 0.3 is 0 Å². The highest BCUT2D eigenvalue weighted by Gasteiger charge is 2.21. The molecule has 0 amide bonds. The monoisotopic (exact) mass is 260 g/mol. The van der Waals surface area contributed by atoms with Gasteiger partial charge in [0.1, 0.15) is 0 Å². The van der Waals surface area contributed by atoms with E-state index in [0.717, 1.165) is 6.54 Å². The Balaban J connectivity index is 2.14. The molecule has 1 fully saturated rings. The van der Waals surface area contributed by atoms with Crippen LogP contribution in [0, 0.1) is 0 Å². The van der Waals surface area contributed by atoms with Gasteiger partial charge in [0, 0.05) is 12.6 Å². The molecule has 1 aliphatic rings. The summed E-state index contributed by atoms with van der Waals surface area (Å²) < 4.78 is 0. The van der Waals surface area contributed by atoms with Crippen molar-refractivity contribution in [3.8, 4) is 0 Å². The van der Waals surface area contributed by atoms with Gasteiger partial charge in [-0.1, -0.05) is 51.5 Å². The Labute approximate surface area is 118 Å². The van der Waals surface area contributed by atoms with Gasteiger partial charge in [0.15, 0.2) is 0 Å². The molecule has 1 saturated heterocycles. The predicted molar refractivity (Wildman–Crippen MR) is 82.4 cm³/mol. The Morgan fingerprint density at radius 2 is 1.63 bits per heavy atom. The molecule has 0 saturated carbocycles. The zero-order chi connectivity index (χ0) is 13.9. The Morgan fingerprint density at radius 3 is 2.11 bits per heavy atom.